The smallest absolute Gasteiger partial charge is 0.262 e. The van der Waals surface area contributed by atoms with Gasteiger partial charge >= 0.3 is 0 Å². The van der Waals surface area contributed by atoms with Gasteiger partial charge in [-0.15, -0.1) is 0 Å². The SMILES string of the molecule is CC(C)Oc1ccc(Br)cc1C(=O)Nc1cccc(NC(=O)COc2ccccc2)c1. The fraction of sp³-hybridized carbons (Fsp3) is 0.167. The van der Waals surface area contributed by atoms with E-state index in [1.807, 2.05) is 38.1 Å². The van der Waals surface area contributed by atoms with E-state index in [-0.39, 0.29) is 24.5 Å². The molecule has 0 saturated heterocycles. The van der Waals surface area contributed by atoms with Crippen molar-refractivity contribution in [3.8, 4) is 11.5 Å². The average molecular weight is 483 g/mol. The van der Waals surface area contributed by atoms with Crippen molar-refractivity contribution in [2.45, 2.75) is 20.0 Å². The minimum atomic E-state index is -0.312. The number of rotatable bonds is 8. The number of carbonyl (C=O) groups is 2. The molecule has 2 amide bonds. The number of benzene rings is 3. The summed E-state index contributed by atoms with van der Waals surface area (Å²) in [6.07, 6.45) is -0.0654. The third-order valence-corrected chi connectivity index (χ3v) is 4.56. The van der Waals surface area contributed by atoms with E-state index in [9.17, 15) is 9.59 Å². The first kappa shape index (κ1) is 22.4. The molecule has 0 radical (unpaired) electrons. The summed E-state index contributed by atoms with van der Waals surface area (Å²) in [7, 11) is 0. The van der Waals surface area contributed by atoms with Crippen molar-refractivity contribution in [1.29, 1.82) is 0 Å². The van der Waals surface area contributed by atoms with Crippen LogP contribution >= 0.6 is 15.9 Å². The average Bonchev–Trinajstić information content (AvgIpc) is 2.74. The summed E-state index contributed by atoms with van der Waals surface area (Å²) in [5.41, 5.74) is 1.50. The number of carbonyl (C=O) groups excluding carboxylic acids is 2. The lowest BCUT2D eigenvalue weighted by Gasteiger charge is -2.15. The topological polar surface area (TPSA) is 76.7 Å². The first-order valence-electron chi connectivity index (χ1n) is 9.76. The van der Waals surface area contributed by atoms with Crippen LogP contribution in [-0.4, -0.2) is 24.5 Å². The molecule has 6 nitrogen and oxygen atoms in total. The van der Waals surface area contributed by atoms with Crippen molar-refractivity contribution < 1.29 is 19.1 Å². The van der Waals surface area contributed by atoms with Gasteiger partial charge in [0.25, 0.3) is 11.8 Å². The predicted octanol–water partition coefficient (Wildman–Crippen LogP) is 5.51. The number of ether oxygens (including phenoxy) is 2. The van der Waals surface area contributed by atoms with Crippen molar-refractivity contribution in [2.75, 3.05) is 17.2 Å². The highest BCUT2D eigenvalue weighted by Crippen LogP contribution is 2.26. The molecule has 0 saturated carbocycles. The lowest BCUT2D eigenvalue weighted by Crippen LogP contribution is -2.20. The Hall–Kier alpha value is -3.32. The molecule has 0 aliphatic rings. The van der Waals surface area contributed by atoms with E-state index < -0.39 is 0 Å². The Morgan fingerprint density at radius 1 is 0.903 bits per heavy atom. The molecular weight excluding hydrogens is 460 g/mol. The van der Waals surface area contributed by atoms with Gasteiger partial charge in [-0.1, -0.05) is 40.2 Å². The summed E-state index contributed by atoms with van der Waals surface area (Å²) in [6.45, 7) is 3.68. The summed E-state index contributed by atoms with van der Waals surface area (Å²) in [4.78, 5) is 25.0. The first-order chi connectivity index (χ1) is 14.9. The molecule has 3 rings (SSSR count). The second-order valence-electron chi connectivity index (χ2n) is 6.99. The summed E-state index contributed by atoms with van der Waals surface area (Å²) >= 11 is 3.39. The van der Waals surface area contributed by atoms with Crippen molar-refractivity contribution in [1.82, 2.24) is 0 Å². The van der Waals surface area contributed by atoms with Gasteiger partial charge in [0, 0.05) is 15.8 Å². The van der Waals surface area contributed by atoms with Crippen LogP contribution in [0.2, 0.25) is 0 Å². The molecule has 31 heavy (non-hydrogen) atoms. The minimum absolute atomic E-state index is 0.0654. The van der Waals surface area contributed by atoms with Crippen LogP contribution in [0.4, 0.5) is 11.4 Å². The summed E-state index contributed by atoms with van der Waals surface area (Å²) in [5, 5.41) is 5.61. The van der Waals surface area contributed by atoms with E-state index in [1.165, 1.54) is 0 Å². The van der Waals surface area contributed by atoms with Gasteiger partial charge in [0.1, 0.15) is 11.5 Å². The highest BCUT2D eigenvalue weighted by atomic mass is 79.9. The van der Waals surface area contributed by atoms with E-state index >= 15 is 0 Å². The second-order valence-corrected chi connectivity index (χ2v) is 7.91. The van der Waals surface area contributed by atoms with Gasteiger partial charge in [-0.3, -0.25) is 9.59 Å². The molecule has 0 fully saturated rings. The van der Waals surface area contributed by atoms with Crippen LogP contribution in [0, 0.1) is 0 Å². The zero-order valence-electron chi connectivity index (χ0n) is 17.2. The zero-order valence-corrected chi connectivity index (χ0v) is 18.8. The van der Waals surface area contributed by atoms with Gasteiger partial charge in [0.15, 0.2) is 6.61 Å². The third kappa shape index (κ3) is 6.86. The molecule has 0 unspecified atom stereocenters. The van der Waals surface area contributed by atoms with Gasteiger partial charge in [-0.2, -0.15) is 0 Å². The highest BCUT2D eigenvalue weighted by Gasteiger charge is 2.15. The number of hydrogen-bond donors (Lipinski definition) is 2. The highest BCUT2D eigenvalue weighted by molar-refractivity contribution is 9.10. The normalized spacial score (nSPS) is 10.5. The van der Waals surface area contributed by atoms with E-state index in [0.717, 1.165) is 4.47 Å². The molecule has 2 N–H and O–H groups in total. The number of anilines is 2. The number of halogens is 1. The first-order valence-corrected chi connectivity index (χ1v) is 10.6. The maximum Gasteiger partial charge on any atom is 0.262 e. The van der Waals surface area contributed by atoms with Crippen LogP contribution in [0.5, 0.6) is 11.5 Å². The van der Waals surface area contributed by atoms with Crippen LogP contribution in [0.3, 0.4) is 0 Å². The Kier molecular flexibility index (Phi) is 7.67. The Morgan fingerprint density at radius 2 is 1.61 bits per heavy atom. The molecule has 0 aromatic heterocycles. The van der Waals surface area contributed by atoms with Crippen LogP contribution in [0.25, 0.3) is 0 Å². The maximum atomic E-state index is 12.8. The van der Waals surface area contributed by atoms with Crippen molar-refractivity contribution in [2.24, 2.45) is 0 Å². The Bertz CT molecular complexity index is 1050. The van der Waals surface area contributed by atoms with Crippen molar-refractivity contribution >= 4 is 39.1 Å². The molecule has 0 bridgehead atoms. The summed E-state index contributed by atoms with van der Waals surface area (Å²) in [5.74, 6) is 0.505. The largest absolute Gasteiger partial charge is 0.490 e. The number of para-hydroxylation sites is 1. The van der Waals surface area contributed by atoms with Gasteiger partial charge in [-0.25, -0.2) is 0 Å². The number of amides is 2. The third-order valence-electron chi connectivity index (χ3n) is 4.07. The number of nitrogens with one attached hydrogen (secondary N) is 2. The molecule has 160 valence electrons. The lowest BCUT2D eigenvalue weighted by atomic mass is 10.1. The maximum absolute atomic E-state index is 12.8. The molecular formula is C24H23BrN2O4. The Labute approximate surface area is 189 Å². The van der Waals surface area contributed by atoms with Gasteiger partial charge in [0.05, 0.1) is 11.7 Å². The monoisotopic (exact) mass is 482 g/mol. The zero-order chi connectivity index (χ0) is 22.2. The Morgan fingerprint density at radius 3 is 2.32 bits per heavy atom. The molecule has 0 aliphatic heterocycles. The molecule has 0 aliphatic carbocycles. The van der Waals surface area contributed by atoms with Gasteiger partial charge in [0.2, 0.25) is 0 Å². The van der Waals surface area contributed by atoms with Crippen molar-refractivity contribution in [3.63, 3.8) is 0 Å². The molecule has 0 spiro atoms. The molecule has 7 heteroatoms. The van der Waals surface area contributed by atoms with Crippen molar-refractivity contribution in [3.05, 3.63) is 82.8 Å². The molecule has 3 aromatic carbocycles. The van der Waals surface area contributed by atoms with Gasteiger partial charge in [-0.05, 0) is 62.4 Å². The van der Waals surface area contributed by atoms with Crippen LogP contribution in [0.1, 0.15) is 24.2 Å². The quantitative estimate of drug-likeness (QED) is 0.443. The fourth-order valence-corrected chi connectivity index (χ4v) is 3.13. The van der Waals surface area contributed by atoms with Crippen LogP contribution in [-0.2, 0) is 4.79 Å². The minimum Gasteiger partial charge on any atom is -0.490 e. The number of hydrogen-bond acceptors (Lipinski definition) is 4. The van der Waals surface area contributed by atoms with E-state index in [0.29, 0.717) is 28.4 Å². The second kappa shape index (κ2) is 10.6. The summed E-state index contributed by atoms with van der Waals surface area (Å²) in [6, 6.07) is 21.3. The standard InChI is InChI=1S/C24H23BrN2O4/c1-16(2)31-22-12-11-17(25)13-21(22)24(29)27-19-8-6-7-18(14-19)26-23(28)15-30-20-9-4-3-5-10-20/h3-14,16H,15H2,1-2H3,(H,26,28)(H,27,29). The van der Waals surface area contributed by atoms with Crippen LogP contribution in [0.15, 0.2) is 77.3 Å². The summed E-state index contributed by atoms with van der Waals surface area (Å²) < 4.78 is 12.0. The Balaban J connectivity index is 1.64. The molecule has 0 heterocycles. The van der Waals surface area contributed by atoms with E-state index in [4.69, 9.17) is 9.47 Å². The van der Waals surface area contributed by atoms with Crippen LogP contribution < -0.4 is 20.1 Å². The van der Waals surface area contributed by atoms with E-state index in [2.05, 4.69) is 26.6 Å². The van der Waals surface area contributed by atoms with E-state index in [1.54, 1.807) is 48.5 Å². The van der Waals surface area contributed by atoms with Gasteiger partial charge < -0.3 is 20.1 Å². The fourth-order valence-electron chi connectivity index (χ4n) is 2.77. The molecule has 0 atom stereocenters. The lowest BCUT2D eigenvalue weighted by molar-refractivity contribution is -0.118. The predicted molar refractivity (Wildman–Crippen MR) is 125 cm³/mol. The molecule has 3 aromatic rings.